The minimum absolute atomic E-state index is 0.0246. The lowest BCUT2D eigenvalue weighted by atomic mass is 10.2. The molecule has 0 atom stereocenters. The van der Waals surface area contributed by atoms with Crippen LogP contribution in [0.5, 0.6) is 0 Å². The second-order valence-corrected chi connectivity index (χ2v) is 9.30. The summed E-state index contributed by atoms with van der Waals surface area (Å²) in [5.74, 6) is -0.325. The molecule has 0 saturated carbocycles. The minimum Gasteiger partial charge on any atom is -0.294 e. The van der Waals surface area contributed by atoms with Crippen LogP contribution in [-0.4, -0.2) is 22.7 Å². The number of aryl methyl sites for hydroxylation is 1. The molecule has 4 rings (SSSR count). The van der Waals surface area contributed by atoms with Crippen molar-refractivity contribution in [3.05, 3.63) is 81.2 Å². The lowest BCUT2D eigenvalue weighted by molar-refractivity contribution is -0.385. The molecule has 0 fully saturated rings. The van der Waals surface area contributed by atoms with Crippen LogP contribution in [0, 0.1) is 22.9 Å². The Hall–Kier alpha value is -3.15. The van der Waals surface area contributed by atoms with Crippen LogP contribution in [0.3, 0.4) is 0 Å². The second-order valence-electron chi connectivity index (χ2n) is 6.48. The van der Waals surface area contributed by atoms with Crippen molar-refractivity contribution >= 4 is 32.0 Å². The highest BCUT2D eigenvalue weighted by atomic mass is 32.2. The summed E-state index contributed by atoms with van der Waals surface area (Å²) in [4.78, 5) is 16.0. The maximum atomic E-state index is 13.1. The van der Waals surface area contributed by atoms with Crippen LogP contribution in [0.1, 0.15) is 10.6 Å². The zero-order valence-corrected chi connectivity index (χ0v) is 17.2. The Morgan fingerprint density at radius 2 is 1.97 bits per heavy atom. The van der Waals surface area contributed by atoms with Gasteiger partial charge in [-0.3, -0.25) is 14.5 Å². The maximum Gasteiger partial charge on any atom is 0.270 e. The second kappa shape index (κ2) is 7.59. The summed E-state index contributed by atoms with van der Waals surface area (Å²) in [7, 11) is -3.92. The van der Waals surface area contributed by atoms with E-state index in [-0.39, 0.29) is 22.9 Å². The normalized spacial score (nSPS) is 11.8. The number of aromatic nitrogens is 2. The fourth-order valence-corrected chi connectivity index (χ4v) is 5.09. The summed E-state index contributed by atoms with van der Waals surface area (Å²) in [6, 6.07) is 10.9. The number of sulfonamides is 1. The van der Waals surface area contributed by atoms with Crippen LogP contribution in [0.25, 0.3) is 16.2 Å². The number of nitro benzene ring substituents is 1. The largest absolute Gasteiger partial charge is 0.294 e. The molecule has 154 valence electrons. The standard InChI is InChI=1S/C19H15FN4O4S2/c1-12-18(10-21-30(27,28)16-4-2-3-15(9-16)24(25)26)29-19-22-17(11-23(12)19)13-5-7-14(20)8-6-13/h2-9,11,21H,10H2,1H3. The average molecular weight is 446 g/mol. The Morgan fingerprint density at radius 3 is 2.63 bits per heavy atom. The fraction of sp³-hybridized carbons (Fsp3) is 0.105. The quantitative estimate of drug-likeness (QED) is 0.357. The van der Waals surface area contributed by atoms with E-state index in [0.29, 0.717) is 10.7 Å². The first kappa shape index (κ1) is 20.1. The van der Waals surface area contributed by atoms with E-state index < -0.39 is 14.9 Å². The van der Waals surface area contributed by atoms with Gasteiger partial charge in [0.25, 0.3) is 5.69 Å². The van der Waals surface area contributed by atoms with E-state index in [0.717, 1.165) is 22.2 Å². The molecule has 11 heteroatoms. The number of hydrogen-bond acceptors (Lipinski definition) is 6. The molecule has 2 aromatic heterocycles. The van der Waals surface area contributed by atoms with Crippen LogP contribution in [0.4, 0.5) is 10.1 Å². The predicted octanol–water partition coefficient (Wildman–Crippen LogP) is 3.90. The van der Waals surface area contributed by atoms with Crippen LogP contribution in [0.15, 0.2) is 59.6 Å². The van der Waals surface area contributed by atoms with Gasteiger partial charge in [0.05, 0.1) is 15.5 Å². The van der Waals surface area contributed by atoms with E-state index in [9.17, 15) is 22.9 Å². The van der Waals surface area contributed by atoms with Gasteiger partial charge in [-0.15, -0.1) is 0 Å². The third-order valence-corrected chi connectivity index (χ3v) is 7.11. The summed E-state index contributed by atoms with van der Waals surface area (Å²) >= 11 is 1.33. The number of hydrogen-bond donors (Lipinski definition) is 1. The van der Waals surface area contributed by atoms with Crippen molar-refractivity contribution in [2.45, 2.75) is 18.4 Å². The number of nitrogens with zero attached hydrogens (tertiary/aromatic N) is 3. The van der Waals surface area contributed by atoms with Crippen molar-refractivity contribution in [1.82, 2.24) is 14.1 Å². The predicted molar refractivity (Wildman–Crippen MR) is 110 cm³/mol. The number of nitro groups is 1. The highest BCUT2D eigenvalue weighted by Crippen LogP contribution is 2.27. The molecule has 0 aliphatic heterocycles. The number of thiazole rings is 1. The van der Waals surface area contributed by atoms with E-state index in [1.54, 1.807) is 12.1 Å². The molecule has 0 aliphatic rings. The number of non-ortho nitro benzene ring substituents is 1. The Balaban J connectivity index is 1.56. The first-order valence-corrected chi connectivity index (χ1v) is 11.0. The van der Waals surface area contributed by atoms with Gasteiger partial charge in [-0.25, -0.2) is 22.5 Å². The van der Waals surface area contributed by atoms with Crippen LogP contribution in [0.2, 0.25) is 0 Å². The van der Waals surface area contributed by atoms with Crippen LogP contribution in [-0.2, 0) is 16.6 Å². The number of imidazole rings is 1. The summed E-state index contributed by atoms with van der Waals surface area (Å²) in [5, 5.41) is 10.9. The number of halogens is 1. The molecule has 0 unspecified atom stereocenters. The monoisotopic (exact) mass is 446 g/mol. The fourth-order valence-electron chi connectivity index (χ4n) is 2.93. The molecule has 2 aromatic carbocycles. The highest BCUT2D eigenvalue weighted by Gasteiger charge is 2.19. The number of fused-ring (bicyclic) bond motifs is 1. The Morgan fingerprint density at radius 1 is 1.23 bits per heavy atom. The Labute approximate surface area is 174 Å². The molecule has 4 aromatic rings. The first-order valence-electron chi connectivity index (χ1n) is 8.72. The zero-order chi connectivity index (χ0) is 21.5. The minimum atomic E-state index is -3.92. The SMILES string of the molecule is Cc1c(CNS(=O)(=O)c2cccc([N+](=O)[O-])c2)sc2nc(-c3ccc(F)cc3)cn12. The van der Waals surface area contributed by atoms with E-state index in [4.69, 9.17) is 0 Å². The van der Waals surface area contributed by atoms with Crippen molar-refractivity contribution in [3.8, 4) is 11.3 Å². The van der Waals surface area contributed by atoms with Crippen LogP contribution >= 0.6 is 11.3 Å². The molecule has 0 amide bonds. The topological polar surface area (TPSA) is 107 Å². The van der Waals surface area contributed by atoms with Gasteiger partial charge in [0.1, 0.15) is 5.82 Å². The highest BCUT2D eigenvalue weighted by molar-refractivity contribution is 7.89. The van der Waals surface area contributed by atoms with Crippen LogP contribution < -0.4 is 4.72 Å². The molecular weight excluding hydrogens is 431 g/mol. The van der Waals surface area contributed by atoms with E-state index in [1.165, 1.54) is 41.7 Å². The number of nitrogens with one attached hydrogen (secondary N) is 1. The summed E-state index contributed by atoms with van der Waals surface area (Å²) in [6.07, 6.45) is 1.81. The molecule has 8 nitrogen and oxygen atoms in total. The van der Waals surface area contributed by atoms with Gasteiger partial charge in [-0.2, -0.15) is 0 Å². The Bertz CT molecular complexity index is 1360. The van der Waals surface area contributed by atoms with E-state index in [1.807, 2.05) is 17.5 Å². The molecule has 0 aliphatic carbocycles. The third-order valence-electron chi connectivity index (χ3n) is 4.55. The van der Waals surface area contributed by atoms with Crippen molar-refractivity contribution in [1.29, 1.82) is 0 Å². The molecule has 0 saturated heterocycles. The maximum absolute atomic E-state index is 13.1. The molecular formula is C19H15FN4O4S2. The van der Waals surface area contributed by atoms with Crippen molar-refractivity contribution in [2.24, 2.45) is 0 Å². The molecule has 30 heavy (non-hydrogen) atoms. The van der Waals surface area contributed by atoms with Crippen molar-refractivity contribution < 1.29 is 17.7 Å². The zero-order valence-electron chi connectivity index (χ0n) is 15.6. The summed E-state index contributed by atoms with van der Waals surface area (Å²) < 4.78 is 42.5. The van der Waals surface area contributed by atoms with Crippen molar-refractivity contribution in [3.63, 3.8) is 0 Å². The molecule has 0 radical (unpaired) electrons. The number of benzene rings is 2. The average Bonchev–Trinajstić information content (AvgIpc) is 3.26. The van der Waals surface area contributed by atoms with Gasteiger partial charge in [-0.1, -0.05) is 17.4 Å². The molecule has 0 bridgehead atoms. The van der Waals surface area contributed by atoms with Gasteiger partial charge in [-0.05, 0) is 37.3 Å². The Kier molecular flexibility index (Phi) is 5.10. The summed E-state index contributed by atoms with van der Waals surface area (Å²) in [6.45, 7) is 1.87. The summed E-state index contributed by atoms with van der Waals surface area (Å²) in [5.41, 5.74) is 1.99. The number of rotatable bonds is 6. The molecule has 2 heterocycles. The smallest absolute Gasteiger partial charge is 0.270 e. The van der Waals surface area contributed by atoms with Gasteiger partial charge in [0.2, 0.25) is 10.0 Å². The van der Waals surface area contributed by atoms with Gasteiger partial charge in [0.15, 0.2) is 4.96 Å². The lowest BCUT2D eigenvalue weighted by Crippen LogP contribution is -2.23. The third kappa shape index (κ3) is 3.82. The van der Waals surface area contributed by atoms with Crippen molar-refractivity contribution in [2.75, 3.05) is 0 Å². The van der Waals surface area contributed by atoms with E-state index >= 15 is 0 Å². The van der Waals surface area contributed by atoms with Gasteiger partial charge in [0, 0.05) is 41.0 Å². The van der Waals surface area contributed by atoms with Gasteiger partial charge >= 0.3 is 0 Å². The lowest BCUT2D eigenvalue weighted by Gasteiger charge is -2.06. The molecule has 0 spiro atoms. The van der Waals surface area contributed by atoms with Gasteiger partial charge < -0.3 is 0 Å². The van der Waals surface area contributed by atoms with E-state index in [2.05, 4.69) is 9.71 Å². The first-order chi connectivity index (χ1) is 14.2. The molecule has 1 N–H and O–H groups in total.